The molecule has 27 heavy (non-hydrogen) atoms. The summed E-state index contributed by atoms with van der Waals surface area (Å²) in [5.41, 5.74) is 12.9. The maximum absolute atomic E-state index is 12.2. The van der Waals surface area contributed by atoms with Crippen molar-refractivity contribution >= 4 is 17.6 Å². The molecule has 0 saturated heterocycles. The second-order valence-electron chi connectivity index (χ2n) is 5.83. The van der Waals surface area contributed by atoms with Gasteiger partial charge >= 0.3 is 5.97 Å². The van der Waals surface area contributed by atoms with E-state index in [1.807, 2.05) is 18.2 Å². The van der Waals surface area contributed by atoms with E-state index in [2.05, 4.69) is 10.3 Å². The summed E-state index contributed by atoms with van der Waals surface area (Å²) in [4.78, 5) is 27.2. The number of aromatic nitrogens is 1. The van der Waals surface area contributed by atoms with E-state index in [0.29, 0.717) is 22.6 Å². The highest BCUT2D eigenvalue weighted by atomic mass is 16.4. The van der Waals surface area contributed by atoms with Crippen molar-refractivity contribution in [3.8, 4) is 11.3 Å². The van der Waals surface area contributed by atoms with Crippen molar-refractivity contribution in [1.29, 1.82) is 0 Å². The molecule has 0 aliphatic heterocycles. The number of rotatable bonds is 6. The van der Waals surface area contributed by atoms with E-state index < -0.39 is 12.0 Å². The standard InChI is InChI=1S/C19H18N4O4/c20-16(11-4-2-1-3-5-11)18(24)23-8-12-6-7-15(27-12)13-9-22-10-14(17(13)21)19(25)26/h1-7,9-10,16H,8,20H2,(H2,21,22)(H,23,24)(H,25,26)/t16-/m0/s1. The molecule has 0 bridgehead atoms. The second kappa shape index (κ2) is 7.71. The molecule has 0 fully saturated rings. The van der Waals surface area contributed by atoms with E-state index in [0.717, 1.165) is 0 Å². The number of pyridine rings is 1. The van der Waals surface area contributed by atoms with Crippen molar-refractivity contribution in [2.45, 2.75) is 12.6 Å². The molecule has 0 radical (unpaired) electrons. The van der Waals surface area contributed by atoms with Crippen molar-refractivity contribution in [3.63, 3.8) is 0 Å². The van der Waals surface area contributed by atoms with Gasteiger partial charge in [-0.15, -0.1) is 0 Å². The molecule has 2 heterocycles. The first kappa shape index (κ1) is 18.2. The topological polar surface area (TPSA) is 144 Å². The number of hydrogen-bond donors (Lipinski definition) is 4. The number of aromatic carboxylic acids is 1. The van der Waals surface area contributed by atoms with Crippen LogP contribution in [0, 0.1) is 0 Å². The summed E-state index contributed by atoms with van der Waals surface area (Å²) < 4.78 is 5.65. The van der Waals surface area contributed by atoms with Crippen LogP contribution in [0.15, 0.2) is 59.3 Å². The van der Waals surface area contributed by atoms with Crippen LogP contribution in [0.3, 0.4) is 0 Å². The highest BCUT2D eigenvalue weighted by Gasteiger charge is 2.17. The summed E-state index contributed by atoms with van der Waals surface area (Å²) in [6, 6.07) is 11.5. The summed E-state index contributed by atoms with van der Waals surface area (Å²) in [6.45, 7) is 0.130. The lowest BCUT2D eigenvalue weighted by molar-refractivity contribution is -0.122. The van der Waals surface area contributed by atoms with Crippen LogP contribution in [-0.4, -0.2) is 22.0 Å². The van der Waals surface area contributed by atoms with Crippen LogP contribution in [0.1, 0.15) is 27.7 Å². The molecular formula is C19H18N4O4. The lowest BCUT2D eigenvalue weighted by Gasteiger charge is -2.11. The first-order valence-corrected chi connectivity index (χ1v) is 8.11. The van der Waals surface area contributed by atoms with Crippen molar-refractivity contribution in [1.82, 2.24) is 10.3 Å². The zero-order chi connectivity index (χ0) is 19.4. The quantitative estimate of drug-likeness (QED) is 0.521. The van der Waals surface area contributed by atoms with Crippen LogP contribution in [0.4, 0.5) is 5.69 Å². The summed E-state index contributed by atoms with van der Waals surface area (Å²) in [7, 11) is 0. The van der Waals surface area contributed by atoms with Crippen LogP contribution < -0.4 is 16.8 Å². The smallest absolute Gasteiger partial charge is 0.339 e. The van der Waals surface area contributed by atoms with Gasteiger partial charge in [0.25, 0.3) is 0 Å². The van der Waals surface area contributed by atoms with E-state index in [1.165, 1.54) is 12.4 Å². The Morgan fingerprint density at radius 3 is 2.59 bits per heavy atom. The van der Waals surface area contributed by atoms with E-state index in [9.17, 15) is 9.59 Å². The molecule has 0 unspecified atom stereocenters. The Balaban J connectivity index is 1.69. The third kappa shape index (κ3) is 3.96. The molecule has 138 valence electrons. The van der Waals surface area contributed by atoms with E-state index in [1.54, 1.807) is 24.3 Å². The molecule has 6 N–H and O–H groups in total. The number of nitrogens with two attached hydrogens (primary N) is 2. The van der Waals surface area contributed by atoms with E-state index >= 15 is 0 Å². The fourth-order valence-corrected chi connectivity index (χ4v) is 2.55. The van der Waals surface area contributed by atoms with Gasteiger partial charge in [-0.25, -0.2) is 4.79 Å². The van der Waals surface area contributed by atoms with Gasteiger partial charge in [-0.2, -0.15) is 0 Å². The number of carbonyl (C=O) groups is 2. The molecule has 1 amide bonds. The molecule has 2 aromatic heterocycles. The molecule has 0 aliphatic rings. The largest absolute Gasteiger partial charge is 0.478 e. The van der Waals surface area contributed by atoms with Gasteiger partial charge in [-0.3, -0.25) is 9.78 Å². The monoisotopic (exact) mass is 366 g/mol. The van der Waals surface area contributed by atoms with E-state index in [-0.39, 0.29) is 23.7 Å². The Bertz CT molecular complexity index is 969. The molecule has 1 aromatic carbocycles. The first-order chi connectivity index (χ1) is 13.0. The van der Waals surface area contributed by atoms with Crippen LogP contribution >= 0.6 is 0 Å². The molecule has 0 saturated carbocycles. The number of nitrogens with one attached hydrogen (secondary N) is 1. The van der Waals surface area contributed by atoms with Crippen molar-refractivity contribution in [2.75, 3.05) is 5.73 Å². The molecule has 3 aromatic rings. The van der Waals surface area contributed by atoms with Gasteiger partial charge < -0.3 is 26.3 Å². The maximum atomic E-state index is 12.2. The highest BCUT2D eigenvalue weighted by molar-refractivity contribution is 5.97. The average molecular weight is 366 g/mol. The van der Waals surface area contributed by atoms with Crippen LogP contribution in [-0.2, 0) is 11.3 Å². The summed E-state index contributed by atoms with van der Waals surface area (Å²) in [5, 5.41) is 11.8. The Morgan fingerprint density at radius 2 is 1.89 bits per heavy atom. The van der Waals surface area contributed by atoms with E-state index in [4.69, 9.17) is 21.0 Å². The number of carboxylic acids is 1. The Hall–Kier alpha value is -3.65. The fraction of sp³-hybridized carbons (Fsp3) is 0.105. The van der Waals surface area contributed by atoms with Crippen LogP contribution in [0.2, 0.25) is 0 Å². The molecule has 8 nitrogen and oxygen atoms in total. The third-order valence-electron chi connectivity index (χ3n) is 4.02. The minimum absolute atomic E-state index is 0.0635. The lowest BCUT2D eigenvalue weighted by atomic mass is 10.1. The Kier molecular flexibility index (Phi) is 5.18. The van der Waals surface area contributed by atoms with Gasteiger partial charge in [-0.05, 0) is 17.7 Å². The summed E-state index contributed by atoms with van der Waals surface area (Å²) in [6.07, 6.45) is 2.60. The number of carbonyl (C=O) groups excluding carboxylic acids is 1. The second-order valence-corrected chi connectivity index (χ2v) is 5.83. The summed E-state index contributed by atoms with van der Waals surface area (Å²) >= 11 is 0. The zero-order valence-electron chi connectivity index (χ0n) is 14.3. The number of benzene rings is 1. The highest BCUT2D eigenvalue weighted by Crippen LogP contribution is 2.29. The Morgan fingerprint density at radius 1 is 1.15 bits per heavy atom. The predicted molar refractivity (Wildman–Crippen MR) is 98.5 cm³/mol. The molecular weight excluding hydrogens is 348 g/mol. The van der Waals surface area contributed by atoms with Crippen LogP contribution in [0.5, 0.6) is 0 Å². The molecule has 8 heteroatoms. The summed E-state index contributed by atoms with van der Waals surface area (Å²) in [5.74, 6) is -0.678. The third-order valence-corrected chi connectivity index (χ3v) is 4.02. The van der Waals surface area contributed by atoms with Crippen molar-refractivity contribution in [3.05, 3.63) is 71.7 Å². The van der Waals surface area contributed by atoms with Gasteiger partial charge in [0.15, 0.2) is 0 Å². The molecule has 3 rings (SSSR count). The number of anilines is 1. The van der Waals surface area contributed by atoms with Gasteiger partial charge in [0, 0.05) is 12.4 Å². The number of nitrogen functional groups attached to an aromatic ring is 1. The first-order valence-electron chi connectivity index (χ1n) is 8.11. The zero-order valence-corrected chi connectivity index (χ0v) is 14.3. The molecule has 0 aliphatic carbocycles. The SMILES string of the molecule is Nc1c(C(=O)O)cncc1-c1ccc(CNC(=O)[C@@H](N)c2ccccc2)o1. The van der Waals surface area contributed by atoms with Gasteiger partial charge in [-0.1, -0.05) is 30.3 Å². The lowest BCUT2D eigenvalue weighted by Crippen LogP contribution is -2.33. The number of nitrogens with zero attached hydrogens (tertiary/aromatic N) is 1. The minimum atomic E-state index is -1.17. The number of amides is 1. The normalized spacial score (nSPS) is 11.7. The predicted octanol–water partition coefficient (Wildman–Crippen LogP) is 1.94. The van der Waals surface area contributed by atoms with Crippen molar-refractivity contribution in [2.24, 2.45) is 5.73 Å². The average Bonchev–Trinajstić information content (AvgIpc) is 3.15. The van der Waals surface area contributed by atoms with Crippen LogP contribution in [0.25, 0.3) is 11.3 Å². The fourth-order valence-electron chi connectivity index (χ4n) is 2.55. The van der Waals surface area contributed by atoms with Gasteiger partial charge in [0.1, 0.15) is 23.1 Å². The minimum Gasteiger partial charge on any atom is -0.478 e. The number of hydrogen-bond acceptors (Lipinski definition) is 6. The number of furan rings is 1. The van der Waals surface area contributed by atoms with Gasteiger partial charge in [0.05, 0.1) is 17.8 Å². The maximum Gasteiger partial charge on any atom is 0.339 e. The van der Waals surface area contributed by atoms with Crippen molar-refractivity contribution < 1.29 is 19.1 Å². The number of carboxylic acid groups (broad SMARTS) is 1. The Labute approximate surface area is 154 Å². The van der Waals surface area contributed by atoms with Gasteiger partial charge in [0.2, 0.25) is 5.91 Å². The molecule has 0 spiro atoms. The molecule has 1 atom stereocenters.